The Labute approximate surface area is 336 Å². The highest BCUT2D eigenvalue weighted by molar-refractivity contribution is 8.00. The van der Waals surface area contributed by atoms with Crippen LogP contribution in [0.2, 0.25) is 0 Å². The Morgan fingerprint density at radius 1 is 0.614 bits per heavy atom. The second-order valence-corrected chi connectivity index (χ2v) is 16.2. The normalized spacial score (nSPS) is 14.4. The number of rotatable bonds is 5. The fourth-order valence-corrected chi connectivity index (χ4v) is 11.1. The highest BCUT2D eigenvalue weighted by Gasteiger charge is 2.52. The summed E-state index contributed by atoms with van der Waals surface area (Å²) in [4.78, 5) is 6.70. The van der Waals surface area contributed by atoms with E-state index in [0.717, 1.165) is 82.5 Å². The van der Waals surface area contributed by atoms with Crippen molar-refractivity contribution in [2.45, 2.75) is 23.6 Å². The van der Waals surface area contributed by atoms with Gasteiger partial charge in [-0.1, -0.05) is 151 Å². The van der Waals surface area contributed by atoms with Crippen molar-refractivity contribution in [3.8, 4) is 11.1 Å². The highest BCUT2D eigenvalue weighted by Crippen LogP contribution is 2.53. The number of anilines is 5. The number of halogens is 2. The number of benzene rings is 7. The van der Waals surface area contributed by atoms with Crippen LogP contribution in [0, 0.1) is 18.6 Å². The molecule has 11 rings (SSSR count). The molecule has 57 heavy (non-hydrogen) atoms. The van der Waals surface area contributed by atoms with Crippen LogP contribution in [0.4, 0.5) is 37.2 Å². The van der Waals surface area contributed by atoms with Crippen molar-refractivity contribution >= 4 is 92.0 Å². The summed E-state index contributed by atoms with van der Waals surface area (Å²) in [5, 5.41) is 0. The Bertz CT molecular complexity index is 2900. The molecular weight excluding hydrogens is 720 g/mol. The third-order valence-electron chi connectivity index (χ3n) is 12.1. The zero-order chi connectivity index (χ0) is 38.5. The predicted molar refractivity (Wildman–Crippen MR) is 238 cm³/mol. The summed E-state index contributed by atoms with van der Waals surface area (Å²) >= 11 is 1.63. The lowest BCUT2D eigenvalue weighted by Crippen LogP contribution is -2.68. The minimum atomic E-state index is -0.586. The number of allylic oxidation sites excluding steroid dienone is 5. The average molecular weight is 755 g/mol. The molecule has 0 atom stereocenters. The second kappa shape index (κ2) is 12.9. The minimum absolute atomic E-state index is 0.00843. The number of para-hydroxylation sites is 3. The SMILES string of the molecule is C=C/C=C\C(=C(/C)N1c2ccccc2B2c3ccccc3N3c4ccccc4B4c5ccccc5Sc5c4c3c2c1c5-c1c(F)cccc1F)c1ccc(C)cc1. The van der Waals surface area contributed by atoms with Gasteiger partial charge in [0.15, 0.2) is 0 Å². The molecule has 0 saturated heterocycles. The van der Waals surface area contributed by atoms with E-state index in [0.29, 0.717) is 5.56 Å². The first kappa shape index (κ1) is 34.0. The lowest BCUT2D eigenvalue weighted by molar-refractivity contribution is 0.589. The van der Waals surface area contributed by atoms with Crippen molar-refractivity contribution in [1.82, 2.24) is 0 Å². The van der Waals surface area contributed by atoms with Crippen LogP contribution in [-0.4, -0.2) is 13.4 Å². The zero-order valence-corrected chi connectivity index (χ0v) is 32.2. The van der Waals surface area contributed by atoms with Crippen LogP contribution in [0.1, 0.15) is 18.1 Å². The first-order chi connectivity index (χ1) is 28.0. The Balaban J connectivity index is 1.38. The maximum absolute atomic E-state index is 16.9. The van der Waals surface area contributed by atoms with Crippen LogP contribution in [-0.2, 0) is 0 Å². The maximum atomic E-state index is 16.9. The van der Waals surface area contributed by atoms with E-state index in [-0.39, 0.29) is 19.0 Å². The van der Waals surface area contributed by atoms with E-state index < -0.39 is 11.6 Å². The van der Waals surface area contributed by atoms with Gasteiger partial charge in [0.25, 0.3) is 6.71 Å². The molecule has 7 aromatic rings. The molecular formula is C50H34B2F2N2S. The van der Waals surface area contributed by atoms with Gasteiger partial charge in [-0.05, 0) is 83.1 Å². The van der Waals surface area contributed by atoms with E-state index in [1.54, 1.807) is 17.8 Å². The Hall–Kier alpha value is -6.30. The van der Waals surface area contributed by atoms with Crippen molar-refractivity contribution in [2.24, 2.45) is 0 Å². The Morgan fingerprint density at radius 3 is 1.82 bits per heavy atom. The van der Waals surface area contributed by atoms with Gasteiger partial charge in [-0.2, -0.15) is 0 Å². The molecule has 7 heteroatoms. The molecule has 4 aliphatic heterocycles. The van der Waals surface area contributed by atoms with Gasteiger partial charge in [0.2, 0.25) is 6.71 Å². The van der Waals surface area contributed by atoms with E-state index in [1.165, 1.54) is 29.1 Å². The van der Waals surface area contributed by atoms with Gasteiger partial charge in [0.1, 0.15) is 11.6 Å². The topological polar surface area (TPSA) is 6.48 Å². The molecule has 0 aliphatic carbocycles. The van der Waals surface area contributed by atoms with Gasteiger partial charge >= 0.3 is 0 Å². The Kier molecular flexibility index (Phi) is 7.67. The van der Waals surface area contributed by atoms with Crippen molar-refractivity contribution in [2.75, 3.05) is 9.80 Å². The van der Waals surface area contributed by atoms with Crippen LogP contribution in [0.5, 0.6) is 0 Å². The van der Waals surface area contributed by atoms with Gasteiger partial charge in [0, 0.05) is 49.4 Å². The molecule has 0 radical (unpaired) electrons. The molecule has 0 bridgehead atoms. The number of aryl methyl sites for hydroxylation is 1. The number of nitrogens with zero attached hydrogens (tertiary/aromatic N) is 2. The van der Waals surface area contributed by atoms with E-state index in [1.807, 2.05) is 6.08 Å². The molecule has 0 N–H and O–H groups in total. The van der Waals surface area contributed by atoms with Gasteiger partial charge in [0.05, 0.1) is 11.3 Å². The third kappa shape index (κ3) is 4.79. The van der Waals surface area contributed by atoms with E-state index in [4.69, 9.17) is 0 Å². The van der Waals surface area contributed by atoms with Crippen LogP contribution in [0.15, 0.2) is 180 Å². The smallest absolute Gasteiger partial charge is 0.252 e. The first-order valence-corrected chi connectivity index (χ1v) is 20.2. The summed E-state index contributed by atoms with van der Waals surface area (Å²) in [6.07, 6.45) is 5.84. The summed E-state index contributed by atoms with van der Waals surface area (Å²) in [7, 11) is 0. The predicted octanol–water partition coefficient (Wildman–Crippen LogP) is 9.16. The molecule has 4 aliphatic rings. The molecule has 0 unspecified atom stereocenters. The van der Waals surface area contributed by atoms with Crippen molar-refractivity contribution in [3.05, 3.63) is 193 Å². The Morgan fingerprint density at radius 2 is 1.18 bits per heavy atom. The van der Waals surface area contributed by atoms with Crippen molar-refractivity contribution in [3.63, 3.8) is 0 Å². The zero-order valence-electron chi connectivity index (χ0n) is 31.4. The van der Waals surface area contributed by atoms with Gasteiger partial charge in [-0.3, -0.25) is 0 Å². The quantitative estimate of drug-likeness (QED) is 0.128. The first-order valence-electron chi connectivity index (χ1n) is 19.3. The van der Waals surface area contributed by atoms with Crippen LogP contribution in [0.25, 0.3) is 16.7 Å². The molecule has 2 nitrogen and oxygen atoms in total. The van der Waals surface area contributed by atoms with E-state index >= 15 is 8.78 Å². The van der Waals surface area contributed by atoms with Crippen LogP contribution >= 0.6 is 11.8 Å². The molecule has 0 amide bonds. The van der Waals surface area contributed by atoms with E-state index in [2.05, 4.69) is 158 Å². The monoisotopic (exact) mass is 754 g/mol. The molecule has 7 aromatic carbocycles. The number of hydrogen-bond donors (Lipinski definition) is 0. The fourth-order valence-electron chi connectivity index (χ4n) is 9.80. The summed E-state index contributed by atoms with van der Waals surface area (Å²) < 4.78 is 33.7. The van der Waals surface area contributed by atoms with Gasteiger partial charge in [-0.25, -0.2) is 8.78 Å². The fraction of sp³-hybridized carbons (Fsp3) is 0.0400. The molecule has 0 spiro atoms. The second-order valence-electron chi connectivity index (χ2n) is 15.1. The average Bonchev–Trinajstić information content (AvgIpc) is 3.24. The van der Waals surface area contributed by atoms with Crippen LogP contribution in [0.3, 0.4) is 0 Å². The summed E-state index contributed by atoms with van der Waals surface area (Å²) in [6.45, 7) is 7.88. The molecule has 0 fully saturated rings. The third-order valence-corrected chi connectivity index (χ3v) is 13.3. The molecule has 0 saturated carbocycles. The summed E-state index contributed by atoms with van der Waals surface area (Å²) in [6, 6.07) is 47.3. The lowest BCUT2D eigenvalue weighted by atomic mass is 9.29. The largest absolute Gasteiger partial charge is 0.314 e. The van der Waals surface area contributed by atoms with Crippen molar-refractivity contribution in [1.29, 1.82) is 0 Å². The van der Waals surface area contributed by atoms with Gasteiger partial charge in [-0.15, -0.1) is 0 Å². The van der Waals surface area contributed by atoms with Gasteiger partial charge < -0.3 is 9.80 Å². The van der Waals surface area contributed by atoms with E-state index in [9.17, 15) is 0 Å². The minimum Gasteiger partial charge on any atom is -0.314 e. The number of fused-ring (bicyclic) bond motifs is 10. The summed E-state index contributed by atoms with van der Waals surface area (Å²) in [5.41, 5.74) is 16.6. The standard InChI is InChI=1S/C50H34B2F2N2S/c1-4-5-15-33(32-28-26-30(2)27-29-32)31(3)55-40-22-10-6-16-34(40)51-35-17-7-11-23-41(35)56-42-24-12-8-18-36(42)52-37-19-9-13-25-43(37)57-50-45(44-38(53)20-14-21-39(44)54)48(55)46(51)49(56)47(50)52/h4-29H,1H2,2-3H3/b15-5-,33-31-. The number of hydrogen-bond acceptors (Lipinski definition) is 3. The molecule has 0 aromatic heterocycles. The summed E-state index contributed by atoms with van der Waals surface area (Å²) in [5.74, 6) is -1.17. The molecule has 270 valence electrons. The lowest BCUT2D eigenvalue weighted by Gasteiger charge is -2.50. The van der Waals surface area contributed by atoms with Crippen LogP contribution < -0.4 is 42.6 Å². The maximum Gasteiger partial charge on any atom is 0.252 e. The molecule has 4 heterocycles. The highest BCUT2D eigenvalue weighted by atomic mass is 32.2. The van der Waals surface area contributed by atoms with Crippen molar-refractivity contribution < 1.29 is 8.78 Å².